The summed E-state index contributed by atoms with van der Waals surface area (Å²) in [6.07, 6.45) is 5.20. The van der Waals surface area contributed by atoms with Crippen molar-refractivity contribution in [3.8, 4) is 17.4 Å². The molecule has 2 aromatic rings. The van der Waals surface area contributed by atoms with Gasteiger partial charge in [0.1, 0.15) is 0 Å². The van der Waals surface area contributed by atoms with Crippen LogP contribution in [-0.4, -0.2) is 49.7 Å². The second-order valence-electron chi connectivity index (χ2n) is 8.37. The lowest BCUT2D eigenvalue weighted by atomic mass is 10.0. The van der Waals surface area contributed by atoms with Crippen LogP contribution in [0.4, 0.5) is 16.2 Å². The molecule has 0 aliphatic carbocycles. The van der Waals surface area contributed by atoms with Gasteiger partial charge in [0.2, 0.25) is 11.8 Å². The number of thiophene rings is 1. The number of aryl methyl sites for hydroxylation is 1. The summed E-state index contributed by atoms with van der Waals surface area (Å²) in [6, 6.07) is 8.92. The van der Waals surface area contributed by atoms with E-state index in [9.17, 15) is 14.4 Å². The average molecular weight is 468 g/mol. The van der Waals surface area contributed by atoms with Gasteiger partial charge in [0.15, 0.2) is 5.06 Å². The van der Waals surface area contributed by atoms with Crippen molar-refractivity contribution in [3.05, 3.63) is 40.8 Å². The number of nitrogens with zero attached hydrogens (tertiary/aromatic N) is 2. The average Bonchev–Trinajstić information content (AvgIpc) is 3.26. The number of rotatable bonds is 4. The number of carbonyl (C=O) groups is 3. The lowest BCUT2D eigenvalue weighted by Crippen LogP contribution is -2.49. The summed E-state index contributed by atoms with van der Waals surface area (Å²) in [6.45, 7) is 5.45. The van der Waals surface area contributed by atoms with E-state index in [0.717, 1.165) is 16.9 Å². The molecule has 1 atom stereocenters. The quantitative estimate of drug-likeness (QED) is 0.699. The Kier molecular flexibility index (Phi) is 6.40. The number of terminal acetylenes is 1. The summed E-state index contributed by atoms with van der Waals surface area (Å²) in [5.41, 5.74) is 1.63. The third kappa shape index (κ3) is 5.02. The van der Waals surface area contributed by atoms with Crippen LogP contribution in [0.15, 0.2) is 30.3 Å². The van der Waals surface area contributed by atoms with Gasteiger partial charge in [-0.05, 0) is 49.7 Å². The molecule has 33 heavy (non-hydrogen) atoms. The molecule has 3 amide bonds. The predicted octanol–water partition coefficient (Wildman–Crippen LogP) is 3.08. The molecule has 1 aromatic heterocycles. The topological polar surface area (TPSA) is 88.2 Å². The van der Waals surface area contributed by atoms with Gasteiger partial charge in [-0.25, -0.2) is 4.79 Å². The third-order valence-corrected chi connectivity index (χ3v) is 6.57. The number of ether oxygens (including phenoxy) is 2. The normalized spacial score (nSPS) is 21.0. The Morgan fingerprint density at radius 2 is 2.03 bits per heavy atom. The fourth-order valence-electron chi connectivity index (χ4n) is 4.10. The predicted molar refractivity (Wildman–Crippen MR) is 126 cm³/mol. The van der Waals surface area contributed by atoms with Gasteiger partial charge in [-0.2, -0.15) is 0 Å². The van der Waals surface area contributed by atoms with E-state index >= 15 is 0 Å². The Hall–Kier alpha value is -3.35. The second kappa shape index (κ2) is 9.25. The summed E-state index contributed by atoms with van der Waals surface area (Å²) in [5.74, 6) is 2.42. The van der Waals surface area contributed by atoms with Crippen molar-refractivity contribution >= 4 is 40.6 Å². The largest absolute Gasteiger partial charge is 0.413 e. The van der Waals surface area contributed by atoms with Crippen LogP contribution in [0, 0.1) is 19.3 Å². The van der Waals surface area contributed by atoms with Gasteiger partial charge in [-0.1, -0.05) is 17.3 Å². The van der Waals surface area contributed by atoms with Crippen LogP contribution in [-0.2, 0) is 14.3 Å². The van der Waals surface area contributed by atoms with Gasteiger partial charge in [-0.3, -0.25) is 9.59 Å². The number of carbonyl (C=O) groups excluding carboxylic acids is 3. The van der Waals surface area contributed by atoms with E-state index in [-0.39, 0.29) is 18.2 Å². The molecule has 8 nitrogen and oxygen atoms in total. The zero-order chi connectivity index (χ0) is 23.6. The lowest BCUT2D eigenvalue weighted by molar-refractivity contribution is -0.119. The zero-order valence-electron chi connectivity index (χ0n) is 18.6. The molecule has 9 heteroatoms. The van der Waals surface area contributed by atoms with E-state index in [1.165, 1.54) is 11.3 Å². The molecular weight excluding hydrogens is 442 g/mol. The molecule has 0 radical (unpaired) electrons. The van der Waals surface area contributed by atoms with Gasteiger partial charge in [-0.15, -0.1) is 6.42 Å². The summed E-state index contributed by atoms with van der Waals surface area (Å²) in [7, 11) is 0. The van der Waals surface area contributed by atoms with E-state index in [1.54, 1.807) is 21.9 Å². The van der Waals surface area contributed by atoms with Crippen molar-refractivity contribution in [2.24, 2.45) is 0 Å². The number of nitrogens with one attached hydrogen (secondary N) is 1. The van der Waals surface area contributed by atoms with Crippen molar-refractivity contribution in [1.82, 2.24) is 5.32 Å². The number of benzene rings is 1. The highest BCUT2D eigenvalue weighted by atomic mass is 32.1. The Labute approximate surface area is 196 Å². The van der Waals surface area contributed by atoms with Crippen LogP contribution in [0.5, 0.6) is 5.06 Å². The first-order chi connectivity index (χ1) is 15.8. The van der Waals surface area contributed by atoms with Crippen LogP contribution in [0.25, 0.3) is 0 Å². The molecule has 2 aliphatic heterocycles. The maximum absolute atomic E-state index is 12.8. The minimum absolute atomic E-state index is 0.0241. The van der Waals surface area contributed by atoms with E-state index < -0.39 is 11.6 Å². The Bertz CT molecular complexity index is 1140. The van der Waals surface area contributed by atoms with Crippen molar-refractivity contribution < 1.29 is 23.9 Å². The van der Waals surface area contributed by atoms with Gasteiger partial charge >= 0.3 is 6.09 Å². The van der Waals surface area contributed by atoms with Gasteiger partial charge < -0.3 is 24.6 Å². The standard InChI is InChI=1S/C24H25N3O5S/c1-4-18-6-8-22(33-18)32-23(30)25-24(3)14-21(29)27(15-24)17-5-7-19(16(2)13-17)26-10-12-31-11-9-20(26)28/h1,5-8,13H,9-12,14-15H2,2-3H3,(H,25,30). The molecule has 172 valence electrons. The summed E-state index contributed by atoms with van der Waals surface area (Å²) < 4.78 is 10.7. The monoisotopic (exact) mass is 467 g/mol. The number of amides is 3. The highest BCUT2D eigenvalue weighted by Gasteiger charge is 2.42. The smallest absolute Gasteiger partial charge is 0.399 e. The molecule has 2 saturated heterocycles. The maximum Gasteiger partial charge on any atom is 0.413 e. The van der Waals surface area contributed by atoms with Crippen LogP contribution in [0.1, 0.15) is 30.2 Å². The van der Waals surface area contributed by atoms with Crippen molar-refractivity contribution in [1.29, 1.82) is 0 Å². The first-order valence-corrected chi connectivity index (χ1v) is 11.5. The molecule has 1 unspecified atom stereocenters. The summed E-state index contributed by atoms with van der Waals surface area (Å²) in [5, 5.41) is 3.21. The highest BCUT2D eigenvalue weighted by molar-refractivity contribution is 7.14. The van der Waals surface area contributed by atoms with Gasteiger partial charge in [0.25, 0.3) is 0 Å². The van der Waals surface area contributed by atoms with Crippen LogP contribution in [0.3, 0.4) is 0 Å². The molecule has 4 rings (SSSR count). The van der Waals surface area contributed by atoms with Crippen molar-refractivity contribution in [3.63, 3.8) is 0 Å². The minimum Gasteiger partial charge on any atom is -0.399 e. The molecule has 0 saturated carbocycles. The number of hydrogen-bond donors (Lipinski definition) is 1. The molecule has 2 fully saturated rings. The van der Waals surface area contributed by atoms with Gasteiger partial charge in [0, 0.05) is 24.5 Å². The van der Waals surface area contributed by atoms with Crippen molar-refractivity contribution in [2.75, 3.05) is 36.1 Å². The van der Waals surface area contributed by atoms with E-state index in [4.69, 9.17) is 15.9 Å². The molecule has 2 aliphatic rings. The molecular formula is C24H25N3O5S. The van der Waals surface area contributed by atoms with Gasteiger partial charge in [0.05, 0.1) is 36.5 Å². The van der Waals surface area contributed by atoms with E-state index in [2.05, 4.69) is 11.2 Å². The fourth-order valence-corrected chi connectivity index (χ4v) is 4.76. The van der Waals surface area contributed by atoms with Crippen LogP contribution < -0.4 is 19.9 Å². The number of anilines is 2. The van der Waals surface area contributed by atoms with Crippen LogP contribution in [0.2, 0.25) is 0 Å². The Morgan fingerprint density at radius 1 is 1.21 bits per heavy atom. The zero-order valence-corrected chi connectivity index (χ0v) is 19.4. The molecule has 1 aromatic carbocycles. The maximum atomic E-state index is 12.8. The third-order valence-electron chi connectivity index (χ3n) is 5.67. The van der Waals surface area contributed by atoms with E-state index in [0.29, 0.717) is 42.7 Å². The van der Waals surface area contributed by atoms with Crippen molar-refractivity contribution in [2.45, 2.75) is 32.2 Å². The van der Waals surface area contributed by atoms with Crippen LogP contribution >= 0.6 is 11.3 Å². The molecule has 0 bridgehead atoms. The first-order valence-electron chi connectivity index (χ1n) is 10.6. The summed E-state index contributed by atoms with van der Waals surface area (Å²) in [4.78, 5) is 41.7. The first kappa shape index (κ1) is 22.8. The fraction of sp³-hybridized carbons (Fsp3) is 0.375. The summed E-state index contributed by atoms with van der Waals surface area (Å²) >= 11 is 1.20. The lowest BCUT2D eigenvalue weighted by Gasteiger charge is -2.26. The van der Waals surface area contributed by atoms with E-state index in [1.807, 2.05) is 32.0 Å². The Balaban J connectivity index is 1.45. The Morgan fingerprint density at radius 3 is 2.76 bits per heavy atom. The second-order valence-corrected chi connectivity index (χ2v) is 9.42. The highest BCUT2D eigenvalue weighted by Crippen LogP contribution is 2.32. The molecule has 3 heterocycles. The number of hydrogen-bond acceptors (Lipinski definition) is 6. The molecule has 1 N–H and O–H groups in total. The minimum atomic E-state index is -0.787. The molecule has 0 spiro atoms. The SMILES string of the molecule is C#Cc1ccc(OC(=O)NC2(C)CC(=O)N(c3ccc(N4CCOCCC4=O)c(C)c3)C2)s1.